The van der Waals surface area contributed by atoms with Crippen LogP contribution in [0.25, 0.3) is 0 Å². The van der Waals surface area contributed by atoms with Gasteiger partial charge < -0.3 is 5.73 Å². The molecule has 0 aliphatic heterocycles. The normalized spacial score (nSPS) is 9.56. The maximum Gasteiger partial charge on any atom is 0.115 e. The molecule has 0 bridgehead atoms. The van der Waals surface area contributed by atoms with Gasteiger partial charge in [-0.1, -0.05) is 0 Å². The lowest BCUT2D eigenvalue weighted by Crippen LogP contribution is -2.00. The molecule has 0 unspecified atom stereocenters. The van der Waals surface area contributed by atoms with Crippen LogP contribution in [0, 0.1) is 0 Å². The molecule has 0 atom stereocenters. The lowest BCUT2D eigenvalue weighted by molar-refractivity contribution is 0.951. The van der Waals surface area contributed by atoms with Gasteiger partial charge in [-0.2, -0.15) is 0 Å². The highest BCUT2D eigenvalue weighted by atomic mass is 79.9. The zero-order valence-electron chi connectivity index (χ0n) is 4.71. The van der Waals surface area contributed by atoms with Crippen LogP contribution in [0.1, 0.15) is 5.69 Å². The average molecular weight is 188 g/mol. The third-order valence-electron chi connectivity index (χ3n) is 0.937. The van der Waals surface area contributed by atoms with E-state index in [4.69, 9.17) is 5.73 Å². The summed E-state index contributed by atoms with van der Waals surface area (Å²) < 4.78 is 0.868. The molecule has 1 aromatic heterocycles. The van der Waals surface area contributed by atoms with Crippen LogP contribution in [-0.4, -0.2) is 9.97 Å². The summed E-state index contributed by atoms with van der Waals surface area (Å²) in [5, 5.41) is 0. The highest BCUT2D eigenvalue weighted by molar-refractivity contribution is 9.10. The lowest BCUT2D eigenvalue weighted by atomic mass is 10.4. The second-order valence-corrected chi connectivity index (χ2v) is 2.38. The van der Waals surface area contributed by atoms with E-state index in [1.807, 2.05) is 0 Å². The van der Waals surface area contributed by atoms with Gasteiger partial charge in [0, 0.05) is 12.7 Å². The summed E-state index contributed by atoms with van der Waals surface area (Å²) in [7, 11) is 0. The Morgan fingerprint density at radius 3 is 2.89 bits per heavy atom. The Hall–Kier alpha value is -0.480. The molecule has 2 N–H and O–H groups in total. The summed E-state index contributed by atoms with van der Waals surface area (Å²) in [5.41, 5.74) is 6.17. The highest BCUT2D eigenvalue weighted by Gasteiger charge is 1.94. The van der Waals surface area contributed by atoms with Crippen LogP contribution in [0.2, 0.25) is 0 Å². The number of hydrogen-bond donors (Lipinski definition) is 1. The van der Waals surface area contributed by atoms with Gasteiger partial charge in [-0.3, -0.25) is 0 Å². The van der Waals surface area contributed by atoms with Crippen molar-refractivity contribution in [2.75, 3.05) is 0 Å². The third-order valence-corrected chi connectivity index (χ3v) is 1.60. The van der Waals surface area contributed by atoms with Gasteiger partial charge >= 0.3 is 0 Å². The Bertz CT molecular complexity index is 201. The minimum Gasteiger partial charge on any atom is -0.325 e. The summed E-state index contributed by atoms with van der Waals surface area (Å²) >= 11 is 3.25. The van der Waals surface area contributed by atoms with E-state index in [1.54, 1.807) is 6.20 Å². The van der Waals surface area contributed by atoms with E-state index in [9.17, 15) is 0 Å². The molecule has 0 saturated heterocycles. The zero-order valence-corrected chi connectivity index (χ0v) is 6.30. The zero-order chi connectivity index (χ0) is 6.69. The van der Waals surface area contributed by atoms with Crippen molar-refractivity contribution in [2.45, 2.75) is 6.54 Å². The molecule has 48 valence electrons. The molecule has 3 nitrogen and oxygen atoms in total. The van der Waals surface area contributed by atoms with Crippen LogP contribution in [0.5, 0.6) is 0 Å². The summed E-state index contributed by atoms with van der Waals surface area (Å²) in [4.78, 5) is 7.69. The molecule has 1 aromatic rings. The quantitative estimate of drug-likeness (QED) is 0.705. The molecule has 4 heteroatoms. The summed E-state index contributed by atoms with van der Waals surface area (Å²) in [6.07, 6.45) is 3.15. The van der Waals surface area contributed by atoms with Crippen LogP contribution >= 0.6 is 15.9 Å². The molecule has 9 heavy (non-hydrogen) atoms. The van der Waals surface area contributed by atoms with Crippen molar-refractivity contribution in [1.82, 2.24) is 9.97 Å². The van der Waals surface area contributed by atoms with Gasteiger partial charge in [0.15, 0.2) is 0 Å². The van der Waals surface area contributed by atoms with E-state index in [0.717, 1.165) is 10.2 Å². The van der Waals surface area contributed by atoms with E-state index < -0.39 is 0 Å². The first-order valence-electron chi connectivity index (χ1n) is 2.49. The summed E-state index contributed by atoms with van der Waals surface area (Å²) in [5.74, 6) is 0. The van der Waals surface area contributed by atoms with Gasteiger partial charge in [0.2, 0.25) is 0 Å². The molecule has 0 radical (unpaired) electrons. The van der Waals surface area contributed by atoms with Gasteiger partial charge in [0.25, 0.3) is 0 Å². The van der Waals surface area contributed by atoms with Crippen molar-refractivity contribution in [3.63, 3.8) is 0 Å². The van der Waals surface area contributed by atoms with E-state index >= 15 is 0 Å². The van der Waals surface area contributed by atoms with Crippen LogP contribution in [0.4, 0.5) is 0 Å². The van der Waals surface area contributed by atoms with E-state index in [-0.39, 0.29) is 0 Å². The predicted molar refractivity (Wildman–Crippen MR) is 37.6 cm³/mol. The maximum absolute atomic E-state index is 5.33. The standard InChI is InChI=1S/C5H6BrN3/c6-4-2-8-3-9-5(4)1-7/h2-3H,1,7H2. The Morgan fingerprint density at radius 2 is 2.44 bits per heavy atom. The fourth-order valence-electron chi connectivity index (χ4n) is 0.488. The van der Waals surface area contributed by atoms with Gasteiger partial charge in [0.1, 0.15) is 6.33 Å². The predicted octanol–water partition coefficient (Wildman–Crippen LogP) is 0.698. The fraction of sp³-hybridized carbons (Fsp3) is 0.200. The first-order valence-corrected chi connectivity index (χ1v) is 3.28. The van der Waals surface area contributed by atoms with Crippen molar-refractivity contribution in [1.29, 1.82) is 0 Å². The molecule has 0 aromatic carbocycles. The molecule has 0 fully saturated rings. The second-order valence-electron chi connectivity index (χ2n) is 1.52. The van der Waals surface area contributed by atoms with E-state index in [2.05, 4.69) is 25.9 Å². The minimum atomic E-state index is 0.448. The molecule has 0 spiro atoms. The van der Waals surface area contributed by atoms with Gasteiger partial charge in [0.05, 0.1) is 10.2 Å². The number of halogens is 1. The summed E-state index contributed by atoms with van der Waals surface area (Å²) in [6, 6.07) is 0. The summed E-state index contributed by atoms with van der Waals surface area (Å²) in [6.45, 7) is 0.448. The molecule has 0 saturated carbocycles. The van der Waals surface area contributed by atoms with Crippen LogP contribution < -0.4 is 5.73 Å². The number of nitrogens with two attached hydrogens (primary N) is 1. The van der Waals surface area contributed by atoms with Gasteiger partial charge in [-0.15, -0.1) is 0 Å². The number of nitrogens with zero attached hydrogens (tertiary/aromatic N) is 2. The third kappa shape index (κ3) is 1.46. The van der Waals surface area contributed by atoms with Crippen molar-refractivity contribution in [3.8, 4) is 0 Å². The number of hydrogen-bond acceptors (Lipinski definition) is 3. The fourth-order valence-corrected chi connectivity index (χ4v) is 0.871. The Labute approximate surface area is 61.4 Å². The first kappa shape index (κ1) is 6.64. The minimum absolute atomic E-state index is 0.448. The first-order chi connectivity index (χ1) is 4.34. The van der Waals surface area contributed by atoms with Crippen molar-refractivity contribution < 1.29 is 0 Å². The smallest absolute Gasteiger partial charge is 0.115 e. The van der Waals surface area contributed by atoms with E-state index in [0.29, 0.717) is 6.54 Å². The number of aromatic nitrogens is 2. The van der Waals surface area contributed by atoms with Crippen molar-refractivity contribution in [2.24, 2.45) is 5.73 Å². The van der Waals surface area contributed by atoms with Crippen LogP contribution in [0.3, 0.4) is 0 Å². The Balaban J connectivity index is 3.01. The van der Waals surface area contributed by atoms with E-state index in [1.165, 1.54) is 6.33 Å². The monoisotopic (exact) mass is 187 g/mol. The topological polar surface area (TPSA) is 51.8 Å². The van der Waals surface area contributed by atoms with Crippen molar-refractivity contribution >= 4 is 15.9 Å². The van der Waals surface area contributed by atoms with Crippen LogP contribution in [0.15, 0.2) is 17.0 Å². The van der Waals surface area contributed by atoms with Gasteiger partial charge in [-0.05, 0) is 15.9 Å². The largest absolute Gasteiger partial charge is 0.325 e. The number of rotatable bonds is 1. The van der Waals surface area contributed by atoms with Crippen LogP contribution in [-0.2, 0) is 6.54 Å². The Kier molecular flexibility index (Phi) is 2.13. The highest BCUT2D eigenvalue weighted by Crippen LogP contribution is 2.09. The molecule has 0 aliphatic rings. The molecule has 0 amide bonds. The lowest BCUT2D eigenvalue weighted by Gasteiger charge is -1.94. The molecule has 0 aliphatic carbocycles. The molecular formula is C5H6BrN3. The molecule has 1 heterocycles. The maximum atomic E-state index is 5.33. The Morgan fingerprint density at radius 1 is 1.67 bits per heavy atom. The van der Waals surface area contributed by atoms with Crippen molar-refractivity contribution in [3.05, 3.63) is 22.7 Å². The average Bonchev–Trinajstić information content (AvgIpc) is 1.89. The molecule has 1 rings (SSSR count). The second kappa shape index (κ2) is 2.89. The molecular weight excluding hydrogens is 182 g/mol. The van der Waals surface area contributed by atoms with Gasteiger partial charge in [-0.25, -0.2) is 9.97 Å². The SMILES string of the molecule is NCc1ncncc1Br.